The zero-order valence-electron chi connectivity index (χ0n) is 7.86. The predicted octanol–water partition coefficient (Wildman–Crippen LogP) is 1.79. The molecule has 0 atom stereocenters. The average Bonchev–Trinajstić information content (AvgIpc) is 2.65. The van der Waals surface area contributed by atoms with E-state index in [0.29, 0.717) is 6.42 Å². The van der Waals surface area contributed by atoms with Gasteiger partial charge in [-0.15, -0.1) is 6.42 Å². The average molecular weight is 185 g/mol. The zero-order valence-corrected chi connectivity index (χ0v) is 7.86. The molecule has 1 aliphatic rings. The molecule has 0 radical (unpaired) electrons. The Labute approximate surface area is 83.5 Å². The van der Waals surface area contributed by atoms with Crippen molar-refractivity contribution in [1.82, 2.24) is 0 Å². The van der Waals surface area contributed by atoms with Gasteiger partial charge in [0.25, 0.3) is 0 Å². The Bertz CT molecular complexity index is 386. The van der Waals surface area contributed by atoms with E-state index >= 15 is 0 Å². The quantitative estimate of drug-likeness (QED) is 0.611. The maximum absolute atomic E-state index is 11.4. The second-order valence-corrected chi connectivity index (χ2v) is 3.34. The minimum absolute atomic E-state index is 0.207. The first-order valence-corrected chi connectivity index (χ1v) is 4.68. The number of hydrogen-bond acceptors (Lipinski definition) is 1. The van der Waals surface area contributed by atoms with Crippen LogP contribution in [-0.4, -0.2) is 12.5 Å². The largest absolute Gasteiger partial charge is 0.312 e. The highest BCUT2D eigenvalue weighted by Gasteiger charge is 2.21. The van der Waals surface area contributed by atoms with E-state index in [1.165, 1.54) is 0 Å². The number of anilines is 1. The molecular formula is C12H11NO. The van der Waals surface area contributed by atoms with Crippen LogP contribution in [0.2, 0.25) is 0 Å². The summed E-state index contributed by atoms with van der Waals surface area (Å²) >= 11 is 0. The van der Waals surface area contributed by atoms with Crippen molar-refractivity contribution in [3.05, 3.63) is 29.8 Å². The molecule has 2 heteroatoms. The highest BCUT2D eigenvalue weighted by atomic mass is 16.2. The molecule has 0 aliphatic carbocycles. The second-order valence-electron chi connectivity index (χ2n) is 3.34. The summed E-state index contributed by atoms with van der Waals surface area (Å²) in [6.45, 7) is 0.828. The number of benzene rings is 1. The highest BCUT2D eigenvalue weighted by Crippen LogP contribution is 2.21. The van der Waals surface area contributed by atoms with E-state index < -0.39 is 0 Å². The molecular weight excluding hydrogens is 174 g/mol. The second kappa shape index (κ2) is 3.55. The lowest BCUT2D eigenvalue weighted by Gasteiger charge is -2.15. The molecule has 1 aromatic carbocycles. The van der Waals surface area contributed by atoms with Gasteiger partial charge in [-0.2, -0.15) is 0 Å². The van der Waals surface area contributed by atoms with Crippen LogP contribution < -0.4 is 4.90 Å². The van der Waals surface area contributed by atoms with Crippen LogP contribution in [-0.2, 0) is 4.79 Å². The lowest BCUT2D eigenvalue weighted by atomic mass is 10.2. The maximum atomic E-state index is 11.4. The Balaban J connectivity index is 2.25. The third kappa shape index (κ3) is 1.49. The number of rotatable bonds is 1. The molecule has 0 saturated carbocycles. The Morgan fingerprint density at radius 2 is 2.00 bits per heavy atom. The van der Waals surface area contributed by atoms with Gasteiger partial charge < -0.3 is 4.90 Å². The molecule has 1 saturated heterocycles. The van der Waals surface area contributed by atoms with E-state index in [1.54, 1.807) is 4.90 Å². The van der Waals surface area contributed by atoms with Crippen molar-refractivity contribution in [2.75, 3.05) is 11.4 Å². The van der Waals surface area contributed by atoms with Crippen LogP contribution in [0.4, 0.5) is 5.69 Å². The van der Waals surface area contributed by atoms with E-state index in [-0.39, 0.29) is 5.91 Å². The SMILES string of the molecule is C#Cc1ccc(N2CCCC2=O)cc1. The molecule has 1 aliphatic heterocycles. The molecule has 1 amide bonds. The van der Waals surface area contributed by atoms with Gasteiger partial charge in [-0.25, -0.2) is 0 Å². The lowest BCUT2D eigenvalue weighted by Crippen LogP contribution is -2.23. The van der Waals surface area contributed by atoms with E-state index in [1.807, 2.05) is 24.3 Å². The van der Waals surface area contributed by atoms with Crippen molar-refractivity contribution in [3.8, 4) is 12.3 Å². The number of amides is 1. The monoisotopic (exact) mass is 185 g/mol. The van der Waals surface area contributed by atoms with Gasteiger partial charge in [0.1, 0.15) is 0 Å². The van der Waals surface area contributed by atoms with Crippen LogP contribution in [0.25, 0.3) is 0 Å². The van der Waals surface area contributed by atoms with Crippen molar-refractivity contribution in [3.63, 3.8) is 0 Å². The maximum Gasteiger partial charge on any atom is 0.227 e. The first-order valence-electron chi connectivity index (χ1n) is 4.68. The molecule has 0 bridgehead atoms. The van der Waals surface area contributed by atoms with Crippen LogP contribution in [0.5, 0.6) is 0 Å². The number of hydrogen-bond donors (Lipinski definition) is 0. The Morgan fingerprint density at radius 1 is 1.29 bits per heavy atom. The van der Waals surface area contributed by atoms with Crippen LogP contribution >= 0.6 is 0 Å². The molecule has 14 heavy (non-hydrogen) atoms. The van der Waals surface area contributed by atoms with Gasteiger partial charge in [-0.3, -0.25) is 4.79 Å². The summed E-state index contributed by atoms with van der Waals surface area (Å²) in [6.07, 6.45) is 6.87. The molecule has 0 N–H and O–H groups in total. The predicted molar refractivity (Wildman–Crippen MR) is 56.0 cm³/mol. The summed E-state index contributed by atoms with van der Waals surface area (Å²) < 4.78 is 0. The summed E-state index contributed by atoms with van der Waals surface area (Å²) in [5.41, 5.74) is 1.80. The van der Waals surface area contributed by atoms with Gasteiger partial charge in [0, 0.05) is 24.2 Å². The van der Waals surface area contributed by atoms with Crippen LogP contribution in [0, 0.1) is 12.3 Å². The van der Waals surface area contributed by atoms with Gasteiger partial charge >= 0.3 is 0 Å². The minimum atomic E-state index is 0.207. The number of terminal acetylenes is 1. The molecule has 0 aromatic heterocycles. The summed E-state index contributed by atoms with van der Waals surface area (Å²) in [5, 5.41) is 0. The molecule has 1 heterocycles. The Hall–Kier alpha value is -1.75. The first-order chi connectivity index (χ1) is 6.81. The molecule has 0 spiro atoms. The van der Waals surface area contributed by atoms with Crippen molar-refractivity contribution < 1.29 is 4.79 Å². The van der Waals surface area contributed by atoms with Crippen LogP contribution in [0.1, 0.15) is 18.4 Å². The molecule has 1 fully saturated rings. The molecule has 70 valence electrons. The van der Waals surface area contributed by atoms with Crippen molar-refractivity contribution in [2.24, 2.45) is 0 Å². The Kier molecular flexibility index (Phi) is 2.24. The van der Waals surface area contributed by atoms with Gasteiger partial charge in [0.2, 0.25) is 5.91 Å². The lowest BCUT2D eigenvalue weighted by molar-refractivity contribution is -0.117. The van der Waals surface area contributed by atoms with E-state index in [4.69, 9.17) is 6.42 Å². The summed E-state index contributed by atoms with van der Waals surface area (Å²) in [4.78, 5) is 13.2. The van der Waals surface area contributed by atoms with E-state index in [0.717, 1.165) is 24.2 Å². The van der Waals surface area contributed by atoms with Gasteiger partial charge in [-0.05, 0) is 30.7 Å². The number of carbonyl (C=O) groups is 1. The van der Waals surface area contributed by atoms with Crippen LogP contribution in [0.15, 0.2) is 24.3 Å². The van der Waals surface area contributed by atoms with Gasteiger partial charge in [0.15, 0.2) is 0 Å². The van der Waals surface area contributed by atoms with Crippen LogP contribution in [0.3, 0.4) is 0 Å². The minimum Gasteiger partial charge on any atom is -0.312 e. The van der Waals surface area contributed by atoms with E-state index in [9.17, 15) is 4.79 Å². The molecule has 2 nitrogen and oxygen atoms in total. The summed E-state index contributed by atoms with van der Waals surface area (Å²) in [7, 11) is 0. The first kappa shape index (κ1) is 8.83. The fourth-order valence-corrected chi connectivity index (χ4v) is 1.66. The Morgan fingerprint density at radius 3 is 2.50 bits per heavy atom. The van der Waals surface area contributed by atoms with Gasteiger partial charge in [0.05, 0.1) is 0 Å². The smallest absolute Gasteiger partial charge is 0.227 e. The standard InChI is InChI=1S/C12H11NO/c1-2-10-5-7-11(8-6-10)13-9-3-4-12(13)14/h1,5-8H,3-4,9H2. The van der Waals surface area contributed by atoms with Crippen molar-refractivity contribution in [2.45, 2.75) is 12.8 Å². The third-order valence-electron chi connectivity index (χ3n) is 2.42. The number of nitrogens with zero attached hydrogens (tertiary/aromatic N) is 1. The third-order valence-corrected chi connectivity index (χ3v) is 2.42. The van der Waals surface area contributed by atoms with Gasteiger partial charge in [-0.1, -0.05) is 5.92 Å². The topological polar surface area (TPSA) is 20.3 Å². The summed E-state index contributed by atoms with van der Waals surface area (Å²) in [5.74, 6) is 2.76. The zero-order chi connectivity index (χ0) is 9.97. The molecule has 2 rings (SSSR count). The van der Waals surface area contributed by atoms with Crippen molar-refractivity contribution in [1.29, 1.82) is 0 Å². The fourth-order valence-electron chi connectivity index (χ4n) is 1.66. The highest BCUT2D eigenvalue weighted by molar-refractivity contribution is 5.95. The fraction of sp³-hybridized carbons (Fsp3) is 0.250. The molecule has 0 unspecified atom stereocenters. The normalized spacial score (nSPS) is 15.6. The molecule has 1 aromatic rings. The number of carbonyl (C=O) groups excluding carboxylic acids is 1. The summed E-state index contributed by atoms with van der Waals surface area (Å²) in [6, 6.07) is 7.53. The van der Waals surface area contributed by atoms with Crippen molar-refractivity contribution >= 4 is 11.6 Å². The van der Waals surface area contributed by atoms with E-state index in [2.05, 4.69) is 5.92 Å².